The maximum absolute atomic E-state index is 11.1. The maximum atomic E-state index is 11.1. The Morgan fingerprint density at radius 2 is 2.00 bits per heavy atom. The van der Waals surface area contributed by atoms with Gasteiger partial charge in [-0.1, -0.05) is 19.9 Å². The zero-order valence-electron chi connectivity index (χ0n) is 10.4. The number of hydrogen-bond donors (Lipinski definition) is 2. The van der Waals surface area contributed by atoms with Crippen molar-refractivity contribution < 1.29 is 19.7 Å². The lowest BCUT2D eigenvalue weighted by atomic mass is 9.99. The summed E-state index contributed by atoms with van der Waals surface area (Å²) in [5, 5.41) is 19.2. The minimum Gasteiger partial charge on any atom is -0.488 e. The molecule has 1 aromatic carbocycles. The largest absolute Gasteiger partial charge is 0.488 e. The molecule has 0 radical (unpaired) electrons. The van der Waals surface area contributed by atoms with E-state index in [1.807, 2.05) is 13.8 Å². The zero-order valence-corrected chi connectivity index (χ0v) is 12.0. The standard InChI is InChI=1S/C13H17BrO4/c1-3-13(17,4-2)8-18-11-9(12(15)16)6-5-7-10(11)14/h5-7,17H,3-4,8H2,1-2H3,(H,15,16). The molecule has 18 heavy (non-hydrogen) atoms. The molecule has 0 aromatic heterocycles. The third-order valence-corrected chi connectivity index (χ3v) is 3.62. The summed E-state index contributed by atoms with van der Waals surface area (Å²) < 4.78 is 6.07. The van der Waals surface area contributed by atoms with E-state index in [-0.39, 0.29) is 17.9 Å². The molecule has 4 nitrogen and oxygen atoms in total. The van der Waals surface area contributed by atoms with E-state index in [2.05, 4.69) is 15.9 Å². The molecule has 0 spiro atoms. The van der Waals surface area contributed by atoms with Gasteiger partial charge >= 0.3 is 5.97 Å². The molecule has 5 heteroatoms. The van der Waals surface area contributed by atoms with E-state index >= 15 is 0 Å². The minimum absolute atomic E-state index is 0.0723. The highest BCUT2D eigenvalue weighted by atomic mass is 79.9. The van der Waals surface area contributed by atoms with Gasteiger partial charge in [0.05, 0.1) is 10.1 Å². The fourth-order valence-corrected chi connectivity index (χ4v) is 1.97. The van der Waals surface area contributed by atoms with E-state index in [0.717, 1.165) is 0 Å². The monoisotopic (exact) mass is 316 g/mol. The third kappa shape index (κ3) is 3.46. The normalized spacial score (nSPS) is 11.3. The molecule has 0 heterocycles. The second-order valence-electron chi connectivity index (χ2n) is 4.14. The average molecular weight is 317 g/mol. The van der Waals surface area contributed by atoms with Crippen LogP contribution in [0.1, 0.15) is 37.0 Å². The summed E-state index contributed by atoms with van der Waals surface area (Å²) in [4.78, 5) is 11.1. The van der Waals surface area contributed by atoms with Gasteiger partial charge in [-0.15, -0.1) is 0 Å². The lowest BCUT2D eigenvalue weighted by Crippen LogP contribution is -2.34. The first kappa shape index (κ1) is 15.0. The Balaban J connectivity index is 2.94. The Kier molecular flexibility index (Phi) is 5.16. The van der Waals surface area contributed by atoms with Gasteiger partial charge in [0.2, 0.25) is 0 Å². The summed E-state index contributed by atoms with van der Waals surface area (Å²) in [6, 6.07) is 4.81. The predicted octanol–water partition coefficient (Wildman–Crippen LogP) is 3.08. The molecule has 0 aliphatic heterocycles. The number of carbonyl (C=O) groups is 1. The van der Waals surface area contributed by atoms with Crippen molar-refractivity contribution in [2.24, 2.45) is 0 Å². The first-order valence-corrected chi connectivity index (χ1v) is 6.60. The number of aromatic carboxylic acids is 1. The highest BCUT2D eigenvalue weighted by Crippen LogP contribution is 2.30. The first-order valence-electron chi connectivity index (χ1n) is 5.80. The van der Waals surface area contributed by atoms with Crippen molar-refractivity contribution in [2.45, 2.75) is 32.3 Å². The van der Waals surface area contributed by atoms with Crippen molar-refractivity contribution in [2.75, 3.05) is 6.61 Å². The van der Waals surface area contributed by atoms with Crippen LogP contribution in [-0.2, 0) is 0 Å². The van der Waals surface area contributed by atoms with Gasteiger partial charge in [0, 0.05) is 0 Å². The molecule has 0 saturated carbocycles. The van der Waals surface area contributed by atoms with Crippen molar-refractivity contribution in [3.63, 3.8) is 0 Å². The van der Waals surface area contributed by atoms with E-state index in [1.54, 1.807) is 12.1 Å². The Morgan fingerprint density at radius 3 is 2.50 bits per heavy atom. The molecule has 0 fully saturated rings. The van der Waals surface area contributed by atoms with Gasteiger partial charge in [-0.05, 0) is 40.9 Å². The fraction of sp³-hybridized carbons (Fsp3) is 0.462. The number of rotatable bonds is 6. The lowest BCUT2D eigenvalue weighted by Gasteiger charge is -2.25. The van der Waals surface area contributed by atoms with Gasteiger partial charge in [0.15, 0.2) is 0 Å². The van der Waals surface area contributed by atoms with Gasteiger partial charge in [0.25, 0.3) is 0 Å². The van der Waals surface area contributed by atoms with Crippen LogP contribution in [-0.4, -0.2) is 28.4 Å². The van der Waals surface area contributed by atoms with Gasteiger partial charge in [0.1, 0.15) is 17.9 Å². The number of carboxylic acids is 1. The number of aliphatic hydroxyl groups is 1. The molecule has 1 rings (SSSR count). The van der Waals surface area contributed by atoms with Crippen molar-refractivity contribution in [1.82, 2.24) is 0 Å². The van der Waals surface area contributed by atoms with Crippen LogP contribution in [0.4, 0.5) is 0 Å². The van der Waals surface area contributed by atoms with Crippen molar-refractivity contribution in [3.8, 4) is 5.75 Å². The second kappa shape index (κ2) is 6.20. The third-order valence-electron chi connectivity index (χ3n) is 3.00. The summed E-state index contributed by atoms with van der Waals surface area (Å²) >= 11 is 3.26. The number of carboxylic acid groups (broad SMARTS) is 1. The smallest absolute Gasteiger partial charge is 0.339 e. The summed E-state index contributed by atoms with van der Waals surface area (Å²) in [6.07, 6.45) is 1.10. The van der Waals surface area contributed by atoms with Crippen molar-refractivity contribution >= 4 is 21.9 Å². The molecule has 0 amide bonds. The number of para-hydroxylation sites is 1. The van der Waals surface area contributed by atoms with E-state index in [9.17, 15) is 9.90 Å². The summed E-state index contributed by atoms with van der Waals surface area (Å²) in [6.45, 7) is 3.80. The Morgan fingerprint density at radius 1 is 1.39 bits per heavy atom. The van der Waals surface area contributed by atoms with Crippen LogP contribution in [0.15, 0.2) is 22.7 Å². The van der Waals surface area contributed by atoms with Crippen LogP contribution < -0.4 is 4.74 Å². The molecule has 0 bridgehead atoms. The Labute approximate surface area is 115 Å². The maximum Gasteiger partial charge on any atom is 0.339 e. The van der Waals surface area contributed by atoms with Crippen LogP contribution in [0.3, 0.4) is 0 Å². The Hall–Kier alpha value is -1.07. The second-order valence-corrected chi connectivity index (χ2v) is 5.00. The molecule has 100 valence electrons. The number of benzene rings is 1. The van der Waals surface area contributed by atoms with E-state index in [1.165, 1.54) is 6.07 Å². The first-order chi connectivity index (χ1) is 8.43. The molecule has 0 unspecified atom stereocenters. The van der Waals surface area contributed by atoms with Gasteiger partial charge in [-0.25, -0.2) is 4.79 Å². The van der Waals surface area contributed by atoms with E-state index in [4.69, 9.17) is 9.84 Å². The molecular weight excluding hydrogens is 300 g/mol. The zero-order chi connectivity index (χ0) is 13.8. The van der Waals surface area contributed by atoms with Crippen LogP contribution >= 0.6 is 15.9 Å². The quantitative estimate of drug-likeness (QED) is 0.846. The van der Waals surface area contributed by atoms with Crippen LogP contribution in [0, 0.1) is 0 Å². The predicted molar refractivity (Wildman–Crippen MR) is 72.1 cm³/mol. The molecule has 0 aliphatic carbocycles. The fourth-order valence-electron chi connectivity index (χ4n) is 1.48. The summed E-state index contributed by atoms with van der Waals surface area (Å²) in [5.74, 6) is -0.798. The van der Waals surface area contributed by atoms with Crippen LogP contribution in [0.5, 0.6) is 5.75 Å². The van der Waals surface area contributed by atoms with E-state index in [0.29, 0.717) is 17.3 Å². The van der Waals surface area contributed by atoms with Crippen LogP contribution in [0.25, 0.3) is 0 Å². The SMILES string of the molecule is CCC(O)(CC)COc1c(Br)cccc1C(=O)O. The Bertz CT molecular complexity index is 427. The molecule has 2 N–H and O–H groups in total. The molecule has 0 atom stereocenters. The summed E-state index contributed by atoms with van der Waals surface area (Å²) in [7, 11) is 0. The highest BCUT2D eigenvalue weighted by Gasteiger charge is 2.25. The average Bonchev–Trinajstić information content (AvgIpc) is 2.36. The number of ether oxygens (including phenoxy) is 1. The molecular formula is C13H17BrO4. The van der Waals surface area contributed by atoms with Crippen molar-refractivity contribution in [3.05, 3.63) is 28.2 Å². The summed E-state index contributed by atoms with van der Waals surface area (Å²) in [5.41, 5.74) is -0.843. The van der Waals surface area contributed by atoms with Crippen molar-refractivity contribution in [1.29, 1.82) is 0 Å². The molecule has 1 aromatic rings. The van der Waals surface area contributed by atoms with Crippen LogP contribution in [0.2, 0.25) is 0 Å². The molecule has 0 aliphatic rings. The number of halogens is 1. The van der Waals surface area contributed by atoms with Gasteiger partial charge < -0.3 is 14.9 Å². The lowest BCUT2D eigenvalue weighted by molar-refractivity contribution is -0.0119. The van der Waals surface area contributed by atoms with E-state index < -0.39 is 11.6 Å². The number of hydrogen-bond acceptors (Lipinski definition) is 3. The minimum atomic E-state index is -1.05. The van der Waals surface area contributed by atoms with Gasteiger partial charge in [-0.3, -0.25) is 0 Å². The topological polar surface area (TPSA) is 66.8 Å². The highest BCUT2D eigenvalue weighted by molar-refractivity contribution is 9.10. The van der Waals surface area contributed by atoms with Gasteiger partial charge in [-0.2, -0.15) is 0 Å². The molecule has 0 saturated heterocycles.